The quantitative estimate of drug-likeness (QED) is 0.552. The van der Waals surface area contributed by atoms with Crippen LogP contribution < -0.4 is 0 Å². The summed E-state index contributed by atoms with van der Waals surface area (Å²) in [4.78, 5) is 11.8. The minimum absolute atomic E-state index is 0.0694. The molecule has 1 nitrogen and oxygen atoms in total. The van der Waals surface area contributed by atoms with Crippen molar-refractivity contribution in [3.8, 4) is 0 Å². The van der Waals surface area contributed by atoms with Crippen LogP contribution in [-0.2, 0) is 4.79 Å². The van der Waals surface area contributed by atoms with E-state index in [0.29, 0.717) is 11.2 Å². The highest BCUT2D eigenvalue weighted by Crippen LogP contribution is 2.61. The summed E-state index contributed by atoms with van der Waals surface area (Å²) in [6.45, 7) is 11.1. The van der Waals surface area contributed by atoms with Crippen molar-refractivity contribution in [3.63, 3.8) is 0 Å². The first kappa shape index (κ1) is 10.9. The Morgan fingerprint density at radius 1 is 1.33 bits per heavy atom. The Morgan fingerprint density at radius 3 is 2.67 bits per heavy atom. The molecule has 0 heterocycles. The van der Waals surface area contributed by atoms with Gasteiger partial charge in [0.15, 0.2) is 5.78 Å². The van der Waals surface area contributed by atoms with Gasteiger partial charge in [0.1, 0.15) is 0 Å². The standard InChI is InChI=1S/C14H22O/c1-10-6-5-8-14(4)11(2)12(15)7-9-13(10,14)3/h10H,2,5-9H2,1,3-4H3/t10-,13+,14+/m1/s1. The largest absolute Gasteiger partial charge is 0.295 e. The summed E-state index contributed by atoms with van der Waals surface area (Å²) in [5, 5.41) is 0. The summed E-state index contributed by atoms with van der Waals surface area (Å²) in [5.74, 6) is 1.03. The average Bonchev–Trinajstić information content (AvgIpc) is 2.20. The summed E-state index contributed by atoms with van der Waals surface area (Å²) in [5.41, 5.74) is 1.28. The highest BCUT2D eigenvalue weighted by molar-refractivity contribution is 5.97. The second kappa shape index (κ2) is 3.20. The number of fused-ring (bicyclic) bond motifs is 1. The van der Waals surface area contributed by atoms with Crippen molar-refractivity contribution in [1.82, 2.24) is 0 Å². The van der Waals surface area contributed by atoms with Crippen LogP contribution in [0.3, 0.4) is 0 Å². The van der Waals surface area contributed by atoms with E-state index in [2.05, 4.69) is 27.4 Å². The molecule has 2 aliphatic carbocycles. The lowest BCUT2D eigenvalue weighted by atomic mass is 9.47. The predicted octanol–water partition coefficient (Wildman–Crippen LogP) is 3.74. The zero-order chi connectivity index (χ0) is 11.3. The summed E-state index contributed by atoms with van der Waals surface area (Å²) in [7, 11) is 0. The van der Waals surface area contributed by atoms with Crippen LogP contribution in [0.5, 0.6) is 0 Å². The van der Waals surface area contributed by atoms with Crippen LogP contribution in [0.4, 0.5) is 0 Å². The van der Waals surface area contributed by atoms with Gasteiger partial charge >= 0.3 is 0 Å². The second-order valence-electron chi connectivity index (χ2n) is 5.94. The molecular weight excluding hydrogens is 184 g/mol. The SMILES string of the molecule is C=C1C(=O)CC[C@@]2(C)[C@H](C)CCC[C@@]12C. The van der Waals surface area contributed by atoms with Crippen molar-refractivity contribution in [3.05, 3.63) is 12.2 Å². The van der Waals surface area contributed by atoms with Crippen LogP contribution in [0, 0.1) is 16.7 Å². The van der Waals surface area contributed by atoms with Gasteiger partial charge in [0, 0.05) is 11.8 Å². The molecule has 0 aromatic heterocycles. The predicted molar refractivity (Wildman–Crippen MR) is 62.6 cm³/mol. The van der Waals surface area contributed by atoms with E-state index in [-0.39, 0.29) is 5.41 Å². The Hall–Kier alpha value is -0.590. The third-order valence-corrected chi connectivity index (χ3v) is 5.54. The fourth-order valence-corrected chi connectivity index (χ4v) is 3.76. The Kier molecular flexibility index (Phi) is 2.33. The van der Waals surface area contributed by atoms with E-state index in [1.807, 2.05) is 0 Å². The van der Waals surface area contributed by atoms with Gasteiger partial charge in [-0.05, 0) is 29.7 Å². The fourth-order valence-electron chi connectivity index (χ4n) is 3.76. The first-order chi connectivity index (χ1) is 6.92. The summed E-state index contributed by atoms with van der Waals surface area (Å²) in [6, 6.07) is 0. The van der Waals surface area contributed by atoms with E-state index >= 15 is 0 Å². The molecular formula is C14H22O. The Morgan fingerprint density at radius 2 is 2.00 bits per heavy atom. The van der Waals surface area contributed by atoms with Gasteiger partial charge in [-0.3, -0.25) is 4.79 Å². The molecule has 0 amide bonds. The second-order valence-corrected chi connectivity index (χ2v) is 5.94. The van der Waals surface area contributed by atoms with Crippen LogP contribution in [0.15, 0.2) is 12.2 Å². The average molecular weight is 206 g/mol. The first-order valence-corrected chi connectivity index (χ1v) is 6.14. The molecule has 0 aliphatic heterocycles. The van der Waals surface area contributed by atoms with Crippen molar-refractivity contribution in [2.45, 2.75) is 52.9 Å². The third kappa shape index (κ3) is 1.25. The maximum Gasteiger partial charge on any atom is 0.158 e. The highest BCUT2D eigenvalue weighted by atomic mass is 16.1. The van der Waals surface area contributed by atoms with E-state index < -0.39 is 0 Å². The molecule has 15 heavy (non-hydrogen) atoms. The Labute approximate surface area is 92.9 Å². The van der Waals surface area contributed by atoms with E-state index in [1.165, 1.54) is 12.8 Å². The maximum absolute atomic E-state index is 11.8. The topological polar surface area (TPSA) is 17.1 Å². The Bertz CT molecular complexity index is 317. The fraction of sp³-hybridized carbons (Fsp3) is 0.786. The number of hydrogen-bond acceptors (Lipinski definition) is 1. The molecule has 2 aliphatic rings. The van der Waals surface area contributed by atoms with E-state index in [1.54, 1.807) is 0 Å². The van der Waals surface area contributed by atoms with Gasteiger partial charge in [0.25, 0.3) is 0 Å². The summed E-state index contributed by atoms with van der Waals surface area (Å²) < 4.78 is 0. The van der Waals surface area contributed by atoms with Gasteiger partial charge in [0.05, 0.1) is 0 Å². The number of hydrogen-bond donors (Lipinski definition) is 0. The molecule has 1 heteroatoms. The van der Waals surface area contributed by atoms with Crippen LogP contribution in [0.2, 0.25) is 0 Å². The summed E-state index contributed by atoms with van der Waals surface area (Å²) in [6.07, 6.45) is 5.49. The maximum atomic E-state index is 11.8. The number of Topliss-reactive ketones (excluding diaryl/α,β-unsaturated/α-hetero) is 1. The van der Waals surface area contributed by atoms with Gasteiger partial charge in [-0.15, -0.1) is 0 Å². The van der Waals surface area contributed by atoms with E-state index in [0.717, 1.165) is 30.8 Å². The molecule has 0 radical (unpaired) electrons. The Balaban J connectivity index is 2.44. The number of ketones is 1. The van der Waals surface area contributed by atoms with Crippen molar-refractivity contribution >= 4 is 5.78 Å². The zero-order valence-electron chi connectivity index (χ0n) is 10.2. The molecule has 0 saturated heterocycles. The molecule has 0 aromatic carbocycles. The van der Waals surface area contributed by atoms with E-state index in [4.69, 9.17) is 0 Å². The smallest absolute Gasteiger partial charge is 0.158 e. The van der Waals surface area contributed by atoms with Gasteiger partial charge in [0.2, 0.25) is 0 Å². The van der Waals surface area contributed by atoms with Crippen LogP contribution >= 0.6 is 0 Å². The van der Waals surface area contributed by atoms with Gasteiger partial charge in [-0.25, -0.2) is 0 Å². The molecule has 3 atom stereocenters. The molecule has 2 fully saturated rings. The zero-order valence-corrected chi connectivity index (χ0v) is 10.2. The van der Waals surface area contributed by atoms with Crippen LogP contribution in [-0.4, -0.2) is 5.78 Å². The lowest BCUT2D eigenvalue weighted by molar-refractivity contribution is -0.125. The van der Waals surface area contributed by atoms with Gasteiger partial charge in [-0.2, -0.15) is 0 Å². The number of allylic oxidation sites excluding steroid dienone is 1. The summed E-state index contributed by atoms with van der Waals surface area (Å²) >= 11 is 0. The molecule has 0 spiro atoms. The minimum Gasteiger partial charge on any atom is -0.295 e. The van der Waals surface area contributed by atoms with Crippen LogP contribution in [0.25, 0.3) is 0 Å². The third-order valence-electron chi connectivity index (χ3n) is 5.54. The van der Waals surface area contributed by atoms with Crippen molar-refractivity contribution in [2.75, 3.05) is 0 Å². The molecule has 84 valence electrons. The molecule has 0 unspecified atom stereocenters. The normalized spacial score (nSPS) is 46.5. The van der Waals surface area contributed by atoms with Gasteiger partial charge in [-0.1, -0.05) is 40.2 Å². The van der Waals surface area contributed by atoms with Gasteiger partial charge < -0.3 is 0 Å². The lowest BCUT2D eigenvalue weighted by Gasteiger charge is -2.57. The van der Waals surface area contributed by atoms with Crippen molar-refractivity contribution in [2.24, 2.45) is 16.7 Å². The van der Waals surface area contributed by atoms with Crippen molar-refractivity contribution < 1.29 is 4.79 Å². The molecule has 0 N–H and O–H groups in total. The minimum atomic E-state index is 0.0694. The molecule has 2 saturated carbocycles. The number of carbonyl (C=O) groups excluding carboxylic acids is 1. The molecule has 0 bridgehead atoms. The van der Waals surface area contributed by atoms with Crippen molar-refractivity contribution in [1.29, 1.82) is 0 Å². The highest BCUT2D eigenvalue weighted by Gasteiger charge is 2.54. The first-order valence-electron chi connectivity index (χ1n) is 6.14. The number of rotatable bonds is 0. The number of carbonyl (C=O) groups is 1. The molecule has 0 aromatic rings. The van der Waals surface area contributed by atoms with E-state index in [9.17, 15) is 4.79 Å². The molecule has 2 rings (SSSR count). The lowest BCUT2D eigenvalue weighted by Crippen LogP contribution is -2.51. The monoisotopic (exact) mass is 206 g/mol. The van der Waals surface area contributed by atoms with Crippen LogP contribution in [0.1, 0.15) is 52.9 Å².